The van der Waals surface area contributed by atoms with E-state index in [0.29, 0.717) is 5.56 Å². The van der Waals surface area contributed by atoms with Crippen LogP contribution in [0.4, 0.5) is 0 Å². The number of rotatable bonds is 0. The van der Waals surface area contributed by atoms with Crippen LogP contribution in [-0.2, 0) is 0 Å². The first kappa shape index (κ1) is 4.01. The monoisotopic (exact) mass is 91.0 g/mol. The number of hydrogen-bond donors (Lipinski definition) is 0. The van der Waals surface area contributed by atoms with Crippen molar-refractivity contribution >= 4 is 0 Å². The summed E-state index contributed by atoms with van der Waals surface area (Å²) in [5, 5.41) is 0. The molecule has 0 aromatic carbocycles. The minimum absolute atomic E-state index is 0.681. The molecular weight excluding hydrogens is 88.1 g/mol. The minimum Gasteiger partial charge on any atom is -0.471 e. The molecule has 0 spiro atoms. The summed E-state index contributed by atoms with van der Waals surface area (Å²) in [4.78, 5) is 0. The SMILES string of the molecule is [C]#Cc1ccoc1. The van der Waals surface area contributed by atoms with Crippen molar-refractivity contribution in [2.45, 2.75) is 0 Å². The van der Waals surface area contributed by atoms with Crippen molar-refractivity contribution in [1.82, 2.24) is 0 Å². The molecule has 1 rings (SSSR count). The van der Waals surface area contributed by atoms with E-state index in [2.05, 4.69) is 10.3 Å². The number of hydrogen-bond acceptors (Lipinski definition) is 1. The zero-order chi connectivity index (χ0) is 5.11. The van der Waals surface area contributed by atoms with Crippen LogP contribution in [0.1, 0.15) is 5.56 Å². The summed E-state index contributed by atoms with van der Waals surface area (Å²) in [5.74, 6) is 2.16. The average molecular weight is 91.1 g/mol. The Balaban J connectivity index is 3.04. The van der Waals surface area contributed by atoms with Gasteiger partial charge in [-0.3, -0.25) is 0 Å². The Labute approximate surface area is 42.0 Å². The fraction of sp³-hybridized carbons (Fsp3) is 0. The minimum atomic E-state index is 0.681. The highest BCUT2D eigenvalue weighted by Crippen LogP contribution is 1.94. The van der Waals surface area contributed by atoms with Gasteiger partial charge >= 0.3 is 0 Å². The second-order valence-electron chi connectivity index (χ2n) is 1.14. The van der Waals surface area contributed by atoms with Crippen molar-refractivity contribution in [3.8, 4) is 5.92 Å². The van der Waals surface area contributed by atoms with Crippen LogP contribution in [-0.4, -0.2) is 0 Å². The zero-order valence-electron chi connectivity index (χ0n) is 3.64. The fourth-order valence-electron chi connectivity index (χ4n) is 0.336. The topological polar surface area (TPSA) is 13.1 Å². The Morgan fingerprint density at radius 2 is 2.57 bits per heavy atom. The molecule has 0 N–H and O–H groups in total. The summed E-state index contributed by atoms with van der Waals surface area (Å²) < 4.78 is 4.62. The van der Waals surface area contributed by atoms with Gasteiger partial charge in [-0.2, -0.15) is 0 Å². The lowest BCUT2D eigenvalue weighted by atomic mass is 10.4. The molecule has 1 nitrogen and oxygen atoms in total. The highest BCUT2D eigenvalue weighted by atomic mass is 16.3. The predicted molar refractivity (Wildman–Crippen MR) is 24.9 cm³/mol. The second-order valence-corrected chi connectivity index (χ2v) is 1.14. The van der Waals surface area contributed by atoms with Crippen molar-refractivity contribution < 1.29 is 4.42 Å². The quantitative estimate of drug-likeness (QED) is 0.437. The van der Waals surface area contributed by atoms with Crippen molar-refractivity contribution in [1.29, 1.82) is 0 Å². The third kappa shape index (κ3) is 0.635. The molecule has 0 unspecified atom stereocenters. The van der Waals surface area contributed by atoms with Crippen LogP contribution in [0.15, 0.2) is 23.0 Å². The molecule has 1 heterocycles. The Bertz CT molecular complexity index is 167. The van der Waals surface area contributed by atoms with E-state index in [9.17, 15) is 0 Å². The molecule has 1 heteroatoms. The first-order chi connectivity index (χ1) is 3.43. The van der Waals surface area contributed by atoms with Gasteiger partial charge in [0, 0.05) is 0 Å². The van der Waals surface area contributed by atoms with Gasteiger partial charge in [-0.25, -0.2) is 0 Å². The van der Waals surface area contributed by atoms with Gasteiger partial charge in [0.25, 0.3) is 0 Å². The second kappa shape index (κ2) is 1.53. The molecule has 0 amide bonds. The van der Waals surface area contributed by atoms with Crippen LogP contribution in [0, 0.1) is 12.3 Å². The van der Waals surface area contributed by atoms with E-state index in [0.717, 1.165) is 0 Å². The molecular formula is C6H3O. The van der Waals surface area contributed by atoms with E-state index in [-0.39, 0.29) is 0 Å². The van der Waals surface area contributed by atoms with Gasteiger partial charge in [0.05, 0.1) is 11.8 Å². The third-order valence-corrected chi connectivity index (χ3v) is 0.666. The Morgan fingerprint density at radius 3 is 2.86 bits per heavy atom. The molecule has 0 aliphatic heterocycles. The van der Waals surface area contributed by atoms with Crippen LogP contribution in [0.3, 0.4) is 0 Å². The standard InChI is InChI=1S/C6H3O/c1-2-6-3-4-7-5-6/h3-5H. The summed E-state index contributed by atoms with van der Waals surface area (Å²) in [7, 11) is 0. The molecule has 7 heavy (non-hydrogen) atoms. The van der Waals surface area contributed by atoms with Crippen molar-refractivity contribution in [3.05, 3.63) is 30.6 Å². The summed E-state index contributed by atoms with van der Waals surface area (Å²) in [6.45, 7) is 0. The first-order valence-electron chi connectivity index (χ1n) is 1.88. The van der Waals surface area contributed by atoms with E-state index < -0.39 is 0 Å². The van der Waals surface area contributed by atoms with Crippen molar-refractivity contribution in [2.24, 2.45) is 0 Å². The summed E-state index contributed by atoms with van der Waals surface area (Å²) in [5.41, 5.74) is 0.681. The first-order valence-corrected chi connectivity index (χ1v) is 1.88. The van der Waals surface area contributed by atoms with E-state index >= 15 is 0 Å². The lowest BCUT2D eigenvalue weighted by Gasteiger charge is -1.64. The molecule has 0 aliphatic carbocycles. The van der Waals surface area contributed by atoms with Gasteiger partial charge in [0.1, 0.15) is 6.26 Å². The average Bonchev–Trinajstić information content (AvgIpc) is 2.14. The Hall–Kier alpha value is -1.16. The van der Waals surface area contributed by atoms with Gasteiger partial charge in [0.2, 0.25) is 0 Å². The van der Waals surface area contributed by atoms with E-state index in [1.54, 1.807) is 6.07 Å². The molecule has 1 aromatic heterocycles. The fourth-order valence-corrected chi connectivity index (χ4v) is 0.336. The molecule has 33 valence electrons. The van der Waals surface area contributed by atoms with Gasteiger partial charge < -0.3 is 4.42 Å². The lowest BCUT2D eigenvalue weighted by Crippen LogP contribution is -1.54. The normalized spacial score (nSPS) is 7.86. The molecule has 0 saturated carbocycles. The van der Waals surface area contributed by atoms with Crippen LogP contribution < -0.4 is 0 Å². The molecule has 1 radical (unpaired) electrons. The molecule has 1 aromatic rings. The lowest BCUT2D eigenvalue weighted by molar-refractivity contribution is 0.566. The van der Waals surface area contributed by atoms with Crippen LogP contribution in [0.5, 0.6) is 0 Å². The maximum absolute atomic E-state index is 6.55. The molecule has 0 saturated heterocycles. The highest BCUT2D eigenvalue weighted by molar-refractivity contribution is 5.24. The maximum Gasteiger partial charge on any atom is 0.106 e. The summed E-state index contributed by atoms with van der Waals surface area (Å²) in [6.07, 6.45) is 9.53. The number of furan rings is 1. The summed E-state index contributed by atoms with van der Waals surface area (Å²) >= 11 is 0. The van der Waals surface area contributed by atoms with Gasteiger partial charge in [-0.15, -0.1) is 0 Å². The van der Waals surface area contributed by atoms with E-state index in [4.69, 9.17) is 6.42 Å². The third-order valence-electron chi connectivity index (χ3n) is 0.666. The molecule has 0 aliphatic rings. The predicted octanol–water partition coefficient (Wildman–Crippen LogP) is 1.22. The largest absolute Gasteiger partial charge is 0.471 e. The Morgan fingerprint density at radius 1 is 1.71 bits per heavy atom. The van der Waals surface area contributed by atoms with Crippen LogP contribution >= 0.6 is 0 Å². The van der Waals surface area contributed by atoms with Crippen LogP contribution in [0.25, 0.3) is 0 Å². The van der Waals surface area contributed by atoms with Gasteiger partial charge in [-0.05, 0) is 18.4 Å². The molecule has 0 bridgehead atoms. The van der Waals surface area contributed by atoms with Crippen molar-refractivity contribution in [2.75, 3.05) is 0 Å². The van der Waals surface area contributed by atoms with Gasteiger partial charge in [-0.1, -0.05) is 0 Å². The van der Waals surface area contributed by atoms with E-state index in [1.165, 1.54) is 12.5 Å². The highest BCUT2D eigenvalue weighted by Gasteiger charge is 1.80. The smallest absolute Gasteiger partial charge is 0.106 e. The Kier molecular flexibility index (Phi) is 0.874. The van der Waals surface area contributed by atoms with Crippen LogP contribution in [0.2, 0.25) is 0 Å². The molecule has 0 fully saturated rings. The molecule has 0 atom stereocenters. The van der Waals surface area contributed by atoms with E-state index in [1.807, 2.05) is 0 Å². The summed E-state index contributed by atoms with van der Waals surface area (Å²) in [6, 6.07) is 1.67. The van der Waals surface area contributed by atoms with Gasteiger partial charge in [0.15, 0.2) is 0 Å². The van der Waals surface area contributed by atoms with Crippen molar-refractivity contribution in [3.63, 3.8) is 0 Å². The maximum atomic E-state index is 6.55. The zero-order valence-corrected chi connectivity index (χ0v) is 3.64.